The minimum atomic E-state index is 0. The lowest BCUT2D eigenvalue weighted by Crippen LogP contribution is -2.45. The second kappa shape index (κ2) is 8.92. The van der Waals surface area contributed by atoms with Crippen LogP contribution in [-0.2, 0) is 0 Å². The maximum absolute atomic E-state index is 4.41. The van der Waals surface area contributed by atoms with E-state index in [4.69, 9.17) is 0 Å². The molecular weight excluding hydrogens is 411 g/mol. The molecule has 2 N–H and O–H groups in total. The van der Waals surface area contributed by atoms with Gasteiger partial charge in [-0.2, -0.15) is 0 Å². The third kappa shape index (κ3) is 5.01. The first-order valence-electron chi connectivity index (χ1n) is 9.01. The third-order valence-electron chi connectivity index (χ3n) is 5.06. The van der Waals surface area contributed by atoms with Gasteiger partial charge in [0.15, 0.2) is 5.96 Å². The Morgan fingerprint density at radius 1 is 1.25 bits per heavy atom. The first-order valence-corrected chi connectivity index (χ1v) is 9.01. The molecule has 2 fully saturated rings. The largest absolute Gasteiger partial charge is 0.369 e. The monoisotopic (exact) mass is 442 g/mol. The van der Waals surface area contributed by atoms with E-state index >= 15 is 0 Å². The Kier molecular flexibility index (Phi) is 7.19. The second-order valence-electron chi connectivity index (χ2n) is 7.02. The smallest absolute Gasteiger partial charge is 0.191 e. The predicted octanol–water partition coefficient (Wildman–Crippen LogP) is 3.55. The highest BCUT2D eigenvalue weighted by Crippen LogP contribution is 2.34. The average Bonchev–Trinajstić information content (AvgIpc) is 3.10. The van der Waals surface area contributed by atoms with E-state index < -0.39 is 0 Å². The summed E-state index contributed by atoms with van der Waals surface area (Å²) in [4.78, 5) is 6.87. The van der Waals surface area contributed by atoms with Gasteiger partial charge < -0.3 is 15.5 Å². The maximum atomic E-state index is 4.41. The molecule has 3 rings (SSSR count). The molecule has 0 bridgehead atoms. The van der Waals surface area contributed by atoms with Gasteiger partial charge in [-0.1, -0.05) is 31.0 Å². The molecule has 1 aromatic carbocycles. The van der Waals surface area contributed by atoms with Crippen LogP contribution < -0.4 is 15.5 Å². The van der Waals surface area contributed by atoms with Gasteiger partial charge >= 0.3 is 0 Å². The zero-order valence-electron chi connectivity index (χ0n) is 15.1. The van der Waals surface area contributed by atoms with Crippen LogP contribution in [0.25, 0.3) is 0 Å². The summed E-state index contributed by atoms with van der Waals surface area (Å²) >= 11 is 0. The van der Waals surface area contributed by atoms with E-state index in [0.717, 1.165) is 31.4 Å². The van der Waals surface area contributed by atoms with Crippen molar-refractivity contribution in [2.45, 2.75) is 51.6 Å². The molecule has 0 spiro atoms. The topological polar surface area (TPSA) is 39.7 Å². The Labute approximate surface area is 163 Å². The van der Waals surface area contributed by atoms with Crippen molar-refractivity contribution < 1.29 is 0 Å². The fourth-order valence-corrected chi connectivity index (χ4v) is 3.52. The number of aryl methyl sites for hydroxylation is 1. The molecule has 3 unspecified atom stereocenters. The molecule has 4 nitrogen and oxygen atoms in total. The fourth-order valence-electron chi connectivity index (χ4n) is 3.52. The summed E-state index contributed by atoms with van der Waals surface area (Å²) in [6, 6.07) is 9.95. The van der Waals surface area contributed by atoms with Crippen molar-refractivity contribution in [2.24, 2.45) is 10.9 Å². The van der Waals surface area contributed by atoms with Gasteiger partial charge in [-0.05, 0) is 44.2 Å². The minimum Gasteiger partial charge on any atom is -0.369 e. The molecule has 24 heavy (non-hydrogen) atoms. The lowest BCUT2D eigenvalue weighted by atomic mass is 10.2. The van der Waals surface area contributed by atoms with Gasteiger partial charge in [-0.3, -0.25) is 4.99 Å². The van der Waals surface area contributed by atoms with Crippen molar-refractivity contribution in [3.8, 4) is 0 Å². The fraction of sp³-hybridized carbons (Fsp3) is 0.632. The third-order valence-corrected chi connectivity index (χ3v) is 5.06. The van der Waals surface area contributed by atoms with E-state index in [1.807, 2.05) is 7.05 Å². The molecule has 3 atom stereocenters. The number of nitrogens with zero attached hydrogens (tertiary/aromatic N) is 2. The number of rotatable bonds is 5. The van der Waals surface area contributed by atoms with Crippen LogP contribution in [0.4, 0.5) is 5.69 Å². The number of anilines is 1. The molecule has 1 aromatic rings. The number of nitrogens with one attached hydrogen (secondary N) is 2. The Hall–Kier alpha value is -0.980. The number of guanidine groups is 1. The highest BCUT2D eigenvalue weighted by molar-refractivity contribution is 14.0. The SMILES string of the molecule is CCCC1CC1NC(=NC)NC1CCN(c2ccc(C)cc2)C1.I. The molecule has 0 radical (unpaired) electrons. The van der Waals surface area contributed by atoms with Crippen molar-refractivity contribution >= 4 is 35.6 Å². The number of halogens is 1. The molecule has 0 amide bonds. The van der Waals surface area contributed by atoms with Gasteiger partial charge in [0.2, 0.25) is 0 Å². The van der Waals surface area contributed by atoms with Crippen LogP contribution in [0.5, 0.6) is 0 Å². The minimum absolute atomic E-state index is 0. The first kappa shape index (κ1) is 19.3. The standard InChI is InChI=1S/C19H30N4.HI/c1-4-5-15-12-18(15)22-19(20-3)21-16-10-11-23(13-16)17-8-6-14(2)7-9-17;/h6-9,15-16,18H,4-5,10-13H2,1-3H3,(H2,20,21,22);1H. The van der Waals surface area contributed by atoms with E-state index in [-0.39, 0.29) is 24.0 Å². The average molecular weight is 442 g/mol. The van der Waals surface area contributed by atoms with Crippen molar-refractivity contribution in [3.63, 3.8) is 0 Å². The van der Waals surface area contributed by atoms with Crippen LogP contribution in [0.1, 0.15) is 38.2 Å². The molecule has 2 aliphatic rings. The van der Waals surface area contributed by atoms with Crippen molar-refractivity contribution in [1.82, 2.24) is 10.6 Å². The van der Waals surface area contributed by atoms with Gasteiger partial charge in [0.05, 0.1) is 0 Å². The molecule has 1 aliphatic carbocycles. The number of hydrogen-bond acceptors (Lipinski definition) is 2. The van der Waals surface area contributed by atoms with E-state index in [1.165, 1.54) is 30.5 Å². The maximum Gasteiger partial charge on any atom is 0.191 e. The molecule has 1 aliphatic heterocycles. The lowest BCUT2D eigenvalue weighted by molar-refractivity contribution is 0.625. The molecule has 1 heterocycles. The van der Waals surface area contributed by atoms with E-state index in [0.29, 0.717) is 12.1 Å². The zero-order valence-corrected chi connectivity index (χ0v) is 17.4. The van der Waals surface area contributed by atoms with E-state index in [9.17, 15) is 0 Å². The van der Waals surface area contributed by atoms with Crippen LogP contribution in [0.3, 0.4) is 0 Å². The molecule has 1 saturated carbocycles. The summed E-state index contributed by atoms with van der Waals surface area (Å²) < 4.78 is 0. The normalized spacial score (nSPS) is 26.0. The second-order valence-corrected chi connectivity index (χ2v) is 7.02. The van der Waals surface area contributed by atoms with Crippen LogP contribution >= 0.6 is 24.0 Å². The summed E-state index contributed by atoms with van der Waals surface area (Å²) in [7, 11) is 1.87. The summed E-state index contributed by atoms with van der Waals surface area (Å²) in [6.45, 7) is 6.56. The molecule has 5 heteroatoms. The van der Waals surface area contributed by atoms with Crippen LogP contribution in [0.2, 0.25) is 0 Å². The van der Waals surface area contributed by atoms with Crippen LogP contribution in [0.15, 0.2) is 29.3 Å². The molecule has 134 valence electrons. The number of aliphatic imine (C=N–C) groups is 1. The van der Waals surface area contributed by atoms with E-state index in [2.05, 4.69) is 58.6 Å². The van der Waals surface area contributed by atoms with Gasteiger partial charge in [-0.25, -0.2) is 0 Å². The molecular formula is C19H31IN4. The van der Waals surface area contributed by atoms with Gasteiger partial charge in [0.25, 0.3) is 0 Å². The van der Waals surface area contributed by atoms with Gasteiger partial charge in [0.1, 0.15) is 0 Å². The van der Waals surface area contributed by atoms with Crippen molar-refractivity contribution in [3.05, 3.63) is 29.8 Å². The van der Waals surface area contributed by atoms with Crippen LogP contribution in [0, 0.1) is 12.8 Å². The van der Waals surface area contributed by atoms with E-state index in [1.54, 1.807) is 0 Å². The summed E-state index contributed by atoms with van der Waals surface area (Å²) in [6.07, 6.45) is 5.08. The van der Waals surface area contributed by atoms with Crippen molar-refractivity contribution in [1.29, 1.82) is 0 Å². The Morgan fingerprint density at radius 3 is 2.67 bits per heavy atom. The Morgan fingerprint density at radius 2 is 2.00 bits per heavy atom. The quantitative estimate of drug-likeness (QED) is 0.416. The summed E-state index contributed by atoms with van der Waals surface area (Å²) in [5, 5.41) is 7.19. The summed E-state index contributed by atoms with van der Waals surface area (Å²) in [5.41, 5.74) is 2.64. The zero-order chi connectivity index (χ0) is 16.2. The molecule has 0 aromatic heterocycles. The highest BCUT2D eigenvalue weighted by Gasteiger charge is 2.37. The lowest BCUT2D eigenvalue weighted by Gasteiger charge is -2.20. The van der Waals surface area contributed by atoms with Crippen LogP contribution in [-0.4, -0.2) is 38.2 Å². The first-order chi connectivity index (χ1) is 11.2. The number of hydrogen-bond donors (Lipinski definition) is 2. The highest BCUT2D eigenvalue weighted by atomic mass is 127. The van der Waals surface area contributed by atoms with Gasteiger partial charge in [0, 0.05) is 37.9 Å². The number of benzene rings is 1. The predicted molar refractivity (Wildman–Crippen MR) is 114 cm³/mol. The summed E-state index contributed by atoms with van der Waals surface area (Å²) in [5.74, 6) is 1.83. The Bertz CT molecular complexity index is 543. The van der Waals surface area contributed by atoms with Crippen molar-refractivity contribution in [2.75, 3.05) is 25.0 Å². The molecule has 1 saturated heterocycles. The Balaban J connectivity index is 0.00000208. The van der Waals surface area contributed by atoms with Gasteiger partial charge in [-0.15, -0.1) is 24.0 Å².